The second kappa shape index (κ2) is 8.25. The SMILES string of the molecule is CCC1CC(C(=O)O)C(C(=O)NCCOCC(C)C)C1. The second-order valence-electron chi connectivity index (χ2n) is 6.06. The minimum Gasteiger partial charge on any atom is -0.481 e. The summed E-state index contributed by atoms with van der Waals surface area (Å²) in [5, 5.41) is 12.0. The Hall–Kier alpha value is -1.10. The number of carbonyl (C=O) groups excluding carboxylic acids is 1. The monoisotopic (exact) mass is 285 g/mol. The average Bonchev–Trinajstić information content (AvgIpc) is 2.82. The van der Waals surface area contributed by atoms with Crippen LogP contribution in [-0.4, -0.2) is 36.7 Å². The van der Waals surface area contributed by atoms with Crippen LogP contribution in [-0.2, 0) is 14.3 Å². The molecule has 1 aliphatic carbocycles. The summed E-state index contributed by atoms with van der Waals surface area (Å²) in [5.41, 5.74) is 0. The molecule has 1 amide bonds. The van der Waals surface area contributed by atoms with Crippen LogP contribution in [0.3, 0.4) is 0 Å². The molecular formula is C15H27NO4. The van der Waals surface area contributed by atoms with Crippen molar-refractivity contribution < 1.29 is 19.4 Å². The van der Waals surface area contributed by atoms with Gasteiger partial charge in [0, 0.05) is 13.2 Å². The van der Waals surface area contributed by atoms with Gasteiger partial charge in [0.25, 0.3) is 0 Å². The van der Waals surface area contributed by atoms with Gasteiger partial charge in [0.15, 0.2) is 0 Å². The predicted molar refractivity (Wildman–Crippen MR) is 76.3 cm³/mol. The van der Waals surface area contributed by atoms with E-state index in [9.17, 15) is 14.7 Å². The van der Waals surface area contributed by atoms with Crippen molar-refractivity contribution in [3.63, 3.8) is 0 Å². The fraction of sp³-hybridized carbons (Fsp3) is 0.867. The molecule has 116 valence electrons. The molecule has 20 heavy (non-hydrogen) atoms. The average molecular weight is 285 g/mol. The van der Waals surface area contributed by atoms with Crippen LogP contribution in [0.2, 0.25) is 0 Å². The molecule has 0 aromatic heterocycles. The number of hydrogen-bond donors (Lipinski definition) is 2. The zero-order valence-electron chi connectivity index (χ0n) is 12.7. The summed E-state index contributed by atoms with van der Waals surface area (Å²) in [7, 11) is 0. The molecule has 0 saturated heterocycles. The van der Waals surface area contributed by atoms with Crippen molar-refractivity contribution in [3.8, 4) is 0 Å². The van der Waals surface area contributed by atoms with Gasteiger partial charge in [0.05, 0.1) is 18.4 Å². The molecule has 5 heteroatoms. The number of ether oxygens (including phenoxy) is 1. The zero-order chi connectivity index (χ0) is 15.1. The number of carboxylic acids is 1. The molecule has 3 unspecified atom stereocenters. The Labute approximate surface area is 121 Å². The second-order valence-corrected chi connectivity index (χ2v) is 6.06. The van der Waals surface area contributed by atoms with E-state index in [-0.39, 0.29) is 11.8 Å². The van der Waals surface area contributed by atoms with Gasteiger partial charge in [0.1, 0.15) is 0 Å². The number of aliphatic carboxylic acids is 1. The van der Waals surface area contributed by atoms with Gasteiger partial charge in [-0.2, -0.15) is 0 Å². The smallest absolute Gasteiger partial charge is 0.307 e. The highest BCUT2D eigenvalue weighted by molar-refractivity contribution is 5.85. The Morgan fingerprint density at radius 3 is 2.50 bits per heavy atom. The van der Waals surface area contributed by atoms with Gasteiger partial charge in [-0.3, -0.25) is 9.59 Å². The van der Waals surface area contributed by atoms with E-state index in [0.29, 0.717) is 44.4 Å². The lowest BCUT2D eigenvalue weighted by Gasteiger charge is -2.15. The molecule has 2 N–H and O–H groups in total. The lowest BCUT2D eigenvalue weighted by Crippen LogP contribution is -2.37. The Balaban J connectivity index is 2.35. The molecule has 1 saturated carbocycles. The van der Waals surface area contributed by atoms with Crippen molar-refractivity contribution in [1.82, 2.24) is 5.32 Å². The van der Waals surface area contributed by atoms with Crippen molar-refractivity contribution in [2.24, 2.45) is 23.7 Å². The molecule has 3 atom stereocenters. The molecule has 0 spiro atoms. The number of amides is 1. The summed E-state index contributed by atoms with van der Waals surface area (Å²) in [4.78, 5) is 23.3. The number of hydrogen-bond acceptors (Lipinski definition) is 3. The van der Waals surface area contributed by atoms with Gasteiger partial charge in [0.2, 0.25) is 5.91 Å². The fourth-order valence-corrected chi connectivity index (χ4v) is 2.74. The highest BCUT2D eigenvalue weighted by Gasteiger charge is 2.41. The topological polar surface area (TPSA) is 75.6 Å². The molecule has 5 nitrogen and oxygen atoms in total. The van der Waals surface area contributed by atoms with Crippen molar-refractivity contribution >= 4 is 11.9 Å². The van der Waals surface area contributed by atoms with E-state index < -0.39 is 11.9 Å². The predicted octanol–water partition coefficient (Wildman–Crippen LogP) is 1.91. The van der Waals surface area contributed by atoms with Gasteiger partial charge < -0.3 is 15.2 Å². The number of carbonyl (C=O) groups is 2. The number of carboxylic acid groups (broad SMARTS) is 1. The van der Waals surface area contributed by atoms with E-state index in [4.69, 9.17) is 4.74 Å². The molecule has 0 aliphatic heterocycles. The summed E-state index contributed by atoms with van der Waals surface area (Å²) in [5.74, 6) is -1.08. The van der Waals surface area contributed by atoms with Crippen molar-refractivity contribution in [3.05, 3.63) is 0 Å². The largest absolute Gasteiger partial charge is 0.481 e. The normalized spacial score (nSPS) is 25.9. The lowest BCUT2D eigenvalue weighted by atomic mass is 9.95. The van der Waals surface area contributed by atoms with Crippen LogP contribution in [0.4, 0.5) is 0 Å². The molecule has 1 fully saturated rings. The lowest BCUT2D eigenvalue weighted by molar-refractivity contribution is -0.146. The van der Waals surface area contributed by atoms with Crippen LogP contribution < -0.4 is 5.32 Å². The van der Waals surface area contributed by atoms with Gasteiger partial charge in [-0.1, -0.05) is 27.2 Å². The van der Waals surface area contributed by atoms with Crippen LogP contribution in [0.15, 0.2) is 0 Å². The molecule has 0 heterocycles. The van der Waals surface area contributed by atoms with Crippen molar-refractivity contribution in [2.75, 3.05) is 19.8 Å². The van der Waals surface area contributed by atoms with E-state index >= 15 is 0 Å². The summed E-state index contributed by atoms with van der Waals surface area (Å²) >= 11 is 0. The summed E-state index contributed by atoms with van der Waals surface area (Å²) in [6, 6.07) is 0. The third kappa shape index (κ3) is 5.12. The Morgan fingerprint density at radius 2 is 1.95 bits per heavy atom. The summed E-state index contributed by atoms with van der Waals surface area (Å²) in [6.45, 7) is 7.79. The molecule has 1 rings (SSSR count). The van der Waals surface area contributed by atoms with Crippen LogP contribution >= 0.6 is 0 Å². The van der Waals surface area contributed by atoms with Crippen molar-refractivity contribution in [2.45, 2.75) is 40.0 Å². The van der Waals surface area contributed by atoms with Crippen LogP contribution in [0, 0.1) is 23.7 Å². The molecule has 0 aromatic carbocycles. The van der Waals surface area contributed by atoms with Gasteiger partial charge in [-0.05, 0) is 24.7 Å². The zero-order valence-corrected chi connectivity index (χ0v) is 12.7. The van der Waals surface area contributed by atoms with Crippen LogP contribution in [0.5, 0.6) is 0 Å². The molecule has 1 aliphatic rings. The summed E-state index contributed by atoms with van der Waals surface area (Å²) < 4.78 is 5.39. The maximum atomic E-state index is 12.1. The minimum absolute atomic E-state index is 0.138. The molecule has 0 aromatic rings. The maximum absolute atomic E-state index is 12.1. The first kappa shape index (κ1) is 17.0. The Bertz CT molecular complexity index is 330. The van der Waals surface area contributed by atoms with Gasteiger partial charge >= 0.3 is 5.97 Å². The first-order valence-electron chi connectivity index (χ1n) is 7.53. The Kier molecular flexibility index (Phi) is 6.99. The van der Waals surface area contributed by atoms with Crippen molar-refractivity contribution in [1.29, 1.82) is 0 Å². The van der Waals surface area contributed by atoms with E-state index in [1.165, 1.54) is 0 Å². The first-order valence-corrected chi connectivity index (χ1v) is 7.53. The number of nitrogens with one attached hydrogen (secondary N) is 1. The van der Waals surface area contributed by atoms with E-state index in [1.807, 2.05) is 6.92 Å². The first-order chi connectivity index (χ1) is 9.45. The highest BCUT2D eigenvalue weighted by atomic mass is 16.5. The van der Waals surface area contributed by atoms with Crippen LogP contribution in [0.1, 0.15) is 40.0 Å². The highest BCUT2D eigenvalue weighted by Crippen LogP contribution is 2.38. The fourth-order valence-electron chi connectivity index (χ4n) is 2.74. The van der Waals surface area contributed by atoms with Gasteiger partial charge in [-0.25, -0.2) is 0 Å². The summed E-state index contributed by atoms with van der Waals surface area (Å²) in [6.07, 6.45) is 2.24. The minimum atomic E-state index is -0.850. The molecular weight excluding hydrogens is 258 g/mol. The molecule has 0 radical (unpaired) electrons. The quantitative estimate of drug-likeness (QED) is 0.668. The third-order valence-corrected chi connectivity index (χ3v) is 3.89. The van der Waals surface area contributed by atoms with E-state index in [0.717, 1.165) is 6.42 Å². The number of rotatable bonds is 8. The third-order valence-electron chi connectivity index (χ3n) is 3.89. The van der Waals surface area contributed by atoms with E-state index in [2.05, 4.69) is 19.2 Å². The maximum Gasteiger partial charge on any atom is 0.307 e. The van der Waals surface area contributed by atoms with E-state index in [1.54, 1.807) is 0 Å². The molecule has 0 bridgehead atoms. The standard InChI is InChI=1S/C15H27NO4/c1-4-11-7-12(13(8-11)15(18)19)14(17)16-5-6-20-9-10(2)3/h10-13H,4-9H2,1-3H3,(H,16,17)(H,18,19). The van der Waals surface area contributed by atoms with Gasteiger partial charge in [-0.15, -0.1) is 0 Å². The Morgan fingerprint density at radius 1 is 1.30 bits per heavy atom. The van der Waals surface area contributed by atoms with Crippen LogP contribution in [0.25, 0.3) is 0 Å².